The average Bonchev–Trinajstić information content (AvgIpc) is 3.23. The topological polar surface area (TPSA) is 73.3 Å². The number of para-hydroxylation sites is 1. The molecule has 1 heterocycles. The van der Waals surface area contributed by atoms with Crippen LogP contribution in [0.4, 0.5) is 0 Å². The van der Waals surface area contributed by atoms with E-state index in [1.165, 1.54) is 0 Å². The molecule has 0 aliphatic rings. The molecule has 0 bridgehead atoms. The van der Waals surface area contributed by atoms with Gasteiger partial charge in [0.05, 0.1) is 30.8 Å². The molecule has 7 nitrogen and oxygen atoms in total. The Kier molecular flexibility index (Phi) is 8.17. The number of ether oxygens (including phenoxy) is 3. The van der Waals surface area contributed by atoms with Crippen molar-refractivity contribution in [1.29, 1.82) is 0 Å². The number of aromatic nitrogens is 3. The lowest BCUT2D eigenvalue weighted by Gasteiger charge is -2.17. The zero-order chi connectivity index (χ0) is 24.8. The summed E-state index contributed by atoms with van der Waals surface area (Å²) in [5, 5.41) is 8.32. The highest BCUT2D eigenvalue weighted by molar-refractivity contribution is 7.71. The van der Waals surface area contributed by atoms with E-state index in [4.69, 9.17) is 49.6 Å². The number of aromatic amines is 1. The summed E-state index contributed by atoms with van der Waals surface area (Å²) in [6, 6.07) is 18.8. The molecule has 3 aromatic carbocycles. The van der Waals surface area contributed by atoms with Crippen molar-refractivity contribution >= 4 is 35.4 Å². The van der Waals surface area contributed by atoms with Crippen LogP contribution in [0, 0.1) is 4.77 Å². The van der Waals surface area contributed by atoms with Crippen LogP contribution < -0.4 is 19.6 Å². The van der Waals surface area contributed by atoms with Crippen molar-refractivity contribution in [3.05, 3.63) is 86.6 Å². The maximum atomic E-state index is 6.60. The monoisotopic (exact) mass is 530 g/mol. The number of methoxy groups -OCH3 is 1. The molecule has 182 valence electrons. The fourth-order valence-electron chi connectivity index (χ4n) is 3.49. The van der Waals surface area contributed by atoms with Gasteiger partial charge in [0.1, 0.15) is 12.4 Å². The summed E-state index contributed by atoms with van der Waals surface area (Å²) in [4.78, 5) is 0. The van der Waals surface area contributed by atoms with Crippen LogP contribution in [0.1, 0.15) is 18.1 Å². The molecule has 0 atom stereocenters. The standard InChI is InChI=1S/C25H24Cl2N4O3S/c1-3-33-22-13-17(12-20(27)23(22)34-15-16-8-10-18(26)11-9-16)14-28-31-24(29-30-25(31)35)19-6-4-5-7-21(19)32-2/h4-13,28H,3,14-15H2,1-2H3,(H,30,35). The van der Waals surface area contributed by atoms with Crippen LogP contribution in [-0.4, -0.2) is 28.6 Å². The predicted molar refractivity (Wildman–Crippen MR) is 141 cm³/mol. The maximum absolute atomic E-state index is 6.60. The molecule has 0 radical (unpaired) electrons. The van der Waals surface area contributed by atoms with Gasteiger partial charge >= 0.3 is 0 Å². The van der Waals surface area contributed by atoms with E-state index < -0.39 is 0 Å². The molecule has 10 heteroatoms. The third kappa shape index (κ3) is 5.90. The number of nitrogens with one attached hydrogen (secondary N) is 2. The number of halogens is 2. The zero-order valence-corrected chi connectivity index (χ0v) is 21.5. The normalized spacial score (nSPS) is 10.7. The van der Waals surface area contributed by atoms with Crippen LogP contribution in [-0.2, 0) is 13.2 Å². The van der Waals surface area contributed by atoms with Crippen LogP contribution in [0.5, 0.6) is 17.2 Å². The molecule has 0 fully saturated rings. The lowest BCUT2D eigenvalue weighted by Crippen LogP contribution is -2.16. The summed E-state index contributed by atoms with van der Waals surface area (Å²) in [7, 11) is 1.62. The van der Waals surface area contributed by atoms with Crippen LogP contribution in [0.25, 0.3) is 11.4 Å². The Hall–Kier alpha value is -3.20. The minimum absolute atomic E-state index is 0.334. The van der Waals surface area contributed by atoms with Crippen molar-refractivity contribution in [3.8, 4) is 28.6 Å². The molecule has 1 aromatic heterocycles. The van der Waals surface area contributed by atoms with Crippen LogP contribution >= 0.6 is 35.4 Å². The molecule has 0 saturated carbocycles. The van der Waals surface area contributed by atoms with Crippen molar-refractivity contribution in [2.75, 3.05) is 19.1 Å². The second kappa shape index (κ2) is 11.5. The Morgan fingerprint density at radius 3 is 2.51 bits per heavy atom. The predicted octanol–water partition coefficient (Wildman–Crippen LogP) is 6.64. The second-order valence-electron chi connectivity index (χ2n) is 7.48. The molecule has 0 saturated heterocycles. The summed E-state index contributed by atoms with van der Waals surface area (Å²) >= 11 is 18.0. The Bertz CT molecular complexity index is 1360. The number of benzene rings is 3. The molecule has 4 rings (SSSR count). The highest BCUT2D eigenvalue weighted by atomic mass is 35.5. The number of rotatable bonds is 10. The van der Waals surface area contributed by atoms with E-state index in [9.17, 15) is 0 Å². The first-order valence-corrected chi connectivity index (χ1v) is 12.0. The molecular weight excluding hydrogens is 507 g/mol. The molecule has 35 heavy (non-hydrogen) atoms. The van der Waals surface area contributed by atoms with Gasteiger partial charge in [0.25, 0.3) is 0 Å². The smallest absolute Gasteiger partial charge is 0.214 e. The van der Waals surface area contributed by atoms with E-state index in [0.29, 0.717) is 57.6 Å². The summed E-state index contributed by atoms with van der Waals surface area (Å²) in [5.41, 5.74) is 5.95. The van der Waals surface area contributed by atoms with Crippen LogP contribution in [0.3, 0.4) is 0 Å². The molecule has 0 spiro atoms. The fraction of sp³-hybridized carbons (Fsp3) is 0.200. The largest absolute Gasteiger partial charge is 0.496 e. The molecule has 4 aromatic rings. The highest BCUT2D eigenvalue weighted by Crippen LogP contribution is 2.37. The van der Waals surface area contributed by atoms with Gasteiger partial charge in [0.2, 0.25) is 4.77 Å². The minimum Gasteiger partial charge on any atom is -0.496 e. The van der Waals surface area contributed by atoms with E-state index in [0.717, 1.165) is 16.7 Å². The van der Waals surface area contributed by atoms with E-state index >= 15 is 0 Å². The van der Waals surface area contributed by atoms with Crippen molar-refractivity contribution in [3.63, 3.8) is 0 Å². The summed E-state index contributed by atoms with van der Waals surface area (Å²) in [6.07, 6.45) is 0. The number of hydrogen-bond acceptors (Lipinski definition) is 6. The Labute approximate surface area is 218 Å². The van der Waals surface area contributed by atoms with Gasteiger partial charge < -0.3 is 19.6 Å². The van der Waals surface area contributed by atoms with E-state index in [2.05, 4.69) is 15.6 Å². The van der Waals surface area contributed by atoms with E-state index in [-0.39, 0.29) is 0 Å². The van der Waals surface area contributed by atoms with Crippen LogP contribution in [0.2, 0.25) is 10.0 Å². The summed E-state index contributed by atoms with van der Waals surface area (Å²) in [5.74, 6) is 2.34. The van der Waals surface area contributed by atoms with Crippen molar-refractivity contribution < 1.29 is 14.2 Å². The lowest BCUT2D eigenvalue weighted by atomic mass is 10.2. The van der Waals surface area contributed by atoms with E-state index in [1.54, 1.807) is 11.8 Å². The second-order valence-corrected chi connectivity index (χ2v) is 8.71. The Balaban J connectivity index is 1.55. The van der Waals surface area contributed by atoms with E-state index in [1.807, 2.05) is 67.6 Å². The molecule has 2 N–H and O–H groups in total. The van der Waals surface area contributed by atoms with Crippen molar-refractivity contribution in [1.82, 2.24) is 14.9 Å². The maximum Gasteiger partial charge on any atom is 0.214 e. The zero-order valence-electron chi connectivity index (χ0n) is 19.2. The number of H-pyrrole nitrogens is 1. The first-order valence-electron chi connectivity index (χ1n) is 10.9. The first-order chi connectivity index (χ1) is 17.0. The fourth-order valence-corrected chi connectivity index (χ4v) is 4.10. The van der Waals surface area contributed by atoms with Gasteiger partial charge in [0.15, 0.2) is 17.3 Å². The number of hydrogen-bond donors (Lipinski definition) is 2. The minimum atomic E-state index is 0.334. The van der Waals surface area contributed by atoms with Crippen molar-refractivity contribution in [2.45, 2.75) is 20.1 Å². The van der Waals surface area contributed by atoms with Gasteiger partial charge in [-0.1, -0.05) is 47.5 Å². The SMILES string of the molecule is CCOc1cc(CNn2c(-c3ccccc3OC)n[nH]c2=S)cc(Cl)c1OCc1ccc(Cl)cc1. The van der Waals surface area contributed by atoms with Gasteiger partial charge in [-0.15, -0.1) is 0 Å². The van der Waals surface area contributed by atoms with Gasteiger partial charge in [-0.05, 0) is 66.7 Å². The third-order valence-electron chi connectivity index (χ3n) is 5.13. The van der Waals surface area contributed by atoms with Crippen molar-refractivity contribution in [2.24, 2.45) is 0 Å². The number of nitrogens with zero attached hydrogens (tertiary/aromatic N) is 2. The quantitative estimate of drug-likeness (QED) is 0.224. The third-order valence-corrected chi connectivity index (χ3v) is 5.93. The lowest BCUT2D eigenvalue weighted by molar-refractivity contribution is 0.269. The molecule has 0 aliphatic heterocycles. The van der Waals surface area contributed by atoms with Gasteiger partial charge in [-0.3, -0.25) is 0 Å². The molecule has 0 amide bonds. The molecule has 0 unspecified atom stereocenters. The Morgan fingerprint density at radius 2 is 1.77 bits per heavy atom. The van der Waals surface area contributed by atoms with Gasteiger partial charge in [-0.2, -0.15) is 5.10 Å². The Morgan fingerprint density at radius 1 is 1.00 bits per heavy atom. The van der Waals surface area contributed by atoms with Gasteiger partial charge in [-0.25, -0.2) is 9.77 Å². The molecular formula is C25H24Cl2N4O3S. The summed E-state index contributed by atoms with van der Waals surface area (Å²) in [6.45, 7) is 3.12. The summed E-state index contributed by atoms with van der Waals surface area (Å²) < 4.78 is 19.4. The molecule has 0 aliphatic carbocycles. The average molecular weight is 531 g/mol. The highest BCUT2D eigenvalue weighted by Gasteiger charge is 2.16. The van der Waals surface area contributed by atoms with Crippen LogP contribution in [0.15, 0.2) is 60.7 Å². The first kappa shape index (κ1) is 24.9. The van der Waals surface area contributed by atoms with Gasteiger partial charge in [0, 0.05) is 5.02 Å².